The van der Waals surface area contributed by atoms with E-state index in [-0.39, 0.29) is 0 Å². The number of rotatable bonds is 0. The summed E-state index contributed by atoms with van der Waals surface area (Å²) in [5, 5.41) is 0. The molecule has 1 atom stereocenters. The summed E-state index contributed by atoms with van der Waals surface area (Å²) in [6, 6.07) is 0. The van der Waals surface area contributed by atoms with Crippen molar-refractivity contribution in [3.8, 4) is 0 Å². The molecule has 0 aromatic rings. The van der Waals surface area contributed by atoms with E-state index in [1.165, 1.54) is 0 Å². The summed E-state index contributed by atoms with van der Waals surface area (Å²) in [4.78, 5) is 0. The van der Waals surface area contributed by atoms with Gasteiger partial charge in [0.1, 0.15) is 0 Å². The molecule has 1 unspecified atom stereocenters. The fourth-order valence-electron chi connectivity index (χ4n) is 0.0962. The molecule has 0 radical (unpaired) electrons. The van der Waals surface area contributed by atoms with Crippen LogP contribution < -0.4 is 0 Å². The molecule has 0 aliphatic carbocycles. The minimum absolute atomic E-state index is 0.583. The van der Waals surface area contributed by atoms with E-state index in [1.54, 1.807) is 0 Å². The zero-order valence-electron chi connectivity index (χ0n) is 42.8. The Balaban J connectivity index is 0.000000366. The van der Waals surface area contributed by atoms with Crippen LogP contribution in [0.5, 0.6) is 0 Å². The third kappa shape index (κ3) is 505. The normalized spacial score (nSPS) is 24.9. The van der Waals surface area contributed by atoms with E-state index in [1.807, 2.05) is 0 Å². The third-order valence-electron chi connectivity index (χ3n) is 4.99. The Morgan fingerprint density at radius 2 is 0.171 bits per heavy atom. The van der Waals surface area contributed by atoms with Crippen molar-refractivity contribution < 1.29 is 109 Å². The van der Waals surface area contributed by atoms with Crippen LogP contribution in [0.2, 0.25) is 0 Å². The number of ether oxygens (including phenoxy) is 23. The minimum Gasteiger partial charge on any atom is -0.377 e. The van der Waals surface area contributed by atoms with Gasteiger partial charge in [0.05, 0.1) is 303 Å². The van der Waals surface area contributed by atoms with E-state index in [0.29, 0.717) is 6.10 Å². The SMILES string of the molecule is C1CO1.C1CO1.C1CO1.C1CO1.C1CO1.C1CO1.C1CO1.C1CO1.C1CO1.C1CO1.C1CO1.C1CO1.C1CO1.C1CO1.C1CO1.C1CO1.C1CO1.C1CO1.C1CO1.C1CO1.C1CO1.C1CO1.CC1CO1. The lowest BCUT2D eigenvalue weighted by atomic mass is 10.6. The summed E-state index contributed by atoms with van der Waals surface area (Å²) in [6.07, 6.45) is 0.583. The summed E-state index contributed by atoms with van der Waals surface area (Å²) in [5.74, 6) is 0. The molecule has 0 bridgehead atoms. The molecular formula is C47H94O23. The summed E-state index contributed by atoms with van der Waals surface area (Å²) >= 11 is 0. The van der Waals surface area contributed by atoms with Crippen LogP contribution in [0.15, 0.2) is 0 Å². The van der Waals surface area contributed by atoms with Gasteiger partial charge in [0.2, 0.25) is 0 Å². The highest BCUT2D eigenvalue weighted by Crippen LogP contribution is 2.04. The second-order valence-electron chi connectivity index (χ2n) is 14.6. The summed E-state index contributed by atoms with van der Waals surface area (Å²) in [5.41, 5.74) is 0. The van der Waals surface area contributed by atoms with Crippen molar-refractivity contribution in [3.05, 3.63) is 0 Å². The monoisotopic (exact) mass is 1030 g/mol. The van der Waals surface area contributed by atoms with Crippen LogP contribution in [-0.2, 0) is 109 Å². The van der Waals surface area contributed by atoms with Gasteiger partial charge in [-0.25, -0.2) is 0 Å². The highest BCUT2D eigenvalue weighted by Gasteiger charge is 2.13. The molecule has 70 heavy (non-hydrogen) atoms. The Morgan fingerprint density at radius 3 is 0.171 bits per heavy atom. The van der Waals surface area contributed by atoms with E-state index >= 15 is 0 Å². The van der Waals surface area contributed by atoms with Crippen LogP contribution >= 0.6 is 0 Å². The molecule has 23 aliphatic rings. The molecule has 0 amide bonds. The first-order valence-corrected chi connectivity index (χ1v) is 25.2. The van der Waals surface area contributed by atoms with Gasteiger partial charge in [0, 0.05) is 0 Å². The Morgan fingerprint density at radius 1 is 0.143 bits per heavy atom. The smallest absolute Gasteiger partial charge is 0.0781 e. The van der Waals surface area contributed by atoms with Crippen LogP contribution in [0.25, 0.3) is 0 Å². The summed E-state index contributed by atoms with van der Waals surface area (Å²) in [7, 11) is 0. The van der Waals surface area contributed by atoms with Gasteiger partial charge in [-0.2, -0.15) is 0 Å². The Labute approximate surface area is 418 Å². The zero-order valence-corrected chi connectivity index (χ0v) is 42.8. The predicted octanol–water partition coefficient (Wildman–Crippen LogP) is 0.770. The topological polar surface area (TPSA) is 288 Å². The van der Waals surface area contributed by atoms with Gasteiger partial charge >= 0.3 is 0 Å². The first-order valence-electron chi connectivity index (χ1n) is 25.2. The van der Waals surface area contributed by atoms with Crippen LogP contribution in [0.3, 0.4) is 0 Å². The maximum absolute atomic E-state index is 4.71. The molecule has 0 spiro atoms. The third-order valence-corrected chi connectivity index (χ3v) is 4.99. The lowest BCUT2D eigenvalue weighted by Gasteiger charge is -1.50. The van der Waals surface area contributed by atoms with Gasteiger partial charge in [-0.05, 0) is 6.92 Å². The first kappa shape index (κ1) is 67.1. The quantitative estimate of drug-likeness (QED) is 0.303. The highest BCUT2D eigenvalue weighted by atomic mass is 16.6. The summed E-state index contributed by atoms with van der Waals surface area (Å²) < 4.78 is 104. The molecule has 420 valence electrons. The van der Waals surface area contributed by atoms with Crippen molar-refractivity contribution in [2.45, 2.75) is 13.0 Å². The van der Waals surface area contributed by atoms with E-state index in [4.69, 9.17) is 4.74 Å². The number of hydrogen-bond donors (Lipinski definition) is 0. The average Bonchev–Trinajstić information content (AvgIpc) is 4.34. The van der Waals surface area contributed by atoms with Crippen LogP contribution in [0.4, 0.5) is 0 Å². The molecule has 23 rings (SSSR count). The second-order valence-corrected chi connectivity index (χ2v) is 14.6. The Bertz CT molecular complexity index is 534. The fourth-order valence-corrected chi connectivity index (χ4v) is 0.0962. The molecule has 0 saturated carbocycles. The first-order chi connectivity index (χ1) is 34.9. The Hall–Kier alpha value is -0.920. The van der Waals surface area contributed by atoms with Gasteiger partial charge in [-0.15, -0.1) is 0 Å². The molecule has 23 heterocycles. The lowest BCUT2D eigenvalue weighted by Crippen LogP contribution is -1.60. The molecule has 0 N–H and O–H groups in total. The van der Waals surface area contributed by atoms with Gasteiger partial charge in [0.25, 0.3) is 0 Å². The minimum atomic E-state index is 0.583. The van der Waals surface area contributed by atoms with Crippen LogP contribution in [0.1, 0.15) is 6.92 Å². The van der Waals surface area contributed by atoms with Crippen molar-refractivity contribution in [2.24, 2.45) is 0 Å². The average molecular weight is 1030 g/mol. The van der Waals surface area contributed by atoms with Gasteiger partial charge < -0.3 is 109 Å². The maximum Gasteiger partial charge on any atom is 0.0781 e. The van der Waals surface area contributed by atoms with E-state index in [2.05, 4.69) is 111 Å². The van der Waals surface area contributed by atoms with Gasteiger partial charge in [-0.3, -0.25) is 0 Å². The fraction of sp³-hybridized carbons (Fsp3) is 1.00. The second kappa shape index (κ2) is 62.4. The molecule has 23 saturated heterocycles. The zero-order chi connectivity index (χ0) is 49.7. The summed E-state index contributed by atoms with van der Waals surface area (Å²) in [6.45, 7) is 47.0. The predicted molar refractivity (Wildman–Crippen MR) is 253 cm³/mol. The van der Waals surface area contributed by atoms with Crippen molar-refractivity contribution >= 4 is 0 Å². The van der Waals surface area contributed by atoms with Crippen molar-refractivity contribution in [1.82, 2.24) is 0 Å². The standard InChI is InChI=1S/C3H6O.22C2H4O/c1-3-2-4-3;22*1-2-3-1/h3H,2H2,1H3;22*1-2H2. The van der Waals surface area contributed by atoms with Crippen molar-refractivity contribution in [3.63, 3.8) is 0 Å². The highest BCUT2D eigenvalue weighted by molar-refractivity contribution is 4.58. The molecule has 0 aromatic carbocycles. The van der Waals surface area contributed by atoms with E-state index in [9.17, 15) is 0 Å². The van der Waals surface area contributed by atoms with Crippen molar-refractivity contribution in [1.29, 1.82) is 0 Å². The maximum atomic E-state index is 4.71. The van der Waals surface area contributed by atoms with Crippen molar-refractivity contribution in [2.75, 3.05) is 297 Å². The van der Waals surface area contributed by atoms with Crippen LogP contribution in [0, 0.1) is 0 Å². The van der Waals surface area contributed by atoms with E-state index in [0.717, 1.165) is 297 Å². The van der Waals surface area contributed by atoms with Gasteiger partial charge in [0.15, 0.2) is 0 Å². The molecule has 23 fully saturated rings. The molecule has 23 heteroatoms. The number of epoxide rings is 23. The molecule has 0 aromatic heterocycles. The lowest BCUT2D eigenvalue weighted by molar-refractivity contribution is 0.423. The Kier molecular flexibility index (Phi) is 59.8. The van der Waals surface area contributed by atoms with E-state index < -0.39 is 0 Å². The largest absolute Gasteiger partial charge is 0.377 e. The molecular weight excluding hydrogens is 932 g/mol. The van der Waals surface area contributed by atoms with Gasteiger partial charge in [-0.1, -0.05) is 0 Å². The molecule has 23 nitrogen and oxygen atoms in total. The number of hydrogen-bond acceptors (Lipinski definition) is 23. The van der Waals surface area contributed by atoms with Crippen LogP contribution in [-0.4, -0.2) is 303 Å². The molecule has 23 aliphatic heterocycles.